The van der Waals surface area contributed by atoms with Crippen molar-refractivity contribution in [3.63, 3.8) is 0 Å². The van der Waals surface area contributed by atoms with Gasteiger partial charge < -0.3 is 5.32 Å². The van der Waals surface area contributed by atoms with E-state index in [1.807, 2.05) is 6.92 Å². The van der Waals surface area contributed by atoms with Crippen molar-refractivity contribution in [2.24, 2.45) is 5.92 Å². The summed E-state index contributed by atoms with van der Waals surface area (Å²) in [5.41, 5.74) is -0.532. The summed E-state index contributed by atoms with van der Waals surface area (Å²) in [6.45, 7) is 2.04. The van der Waals surface area contributed by atoms with Crippen LogP contribution < -0.4 is 5.32 Å². The molecular formula is C13H14ClF2NO3S. The number of halogens is 3. The summed E-state index contributed by atoms with van der Waals surface area (Å²) < 4.78 is 49.5. The molecule has 8 heteroatoms. The SMILES string of the molecule is CC1CCC(NC(=O)c2cc(S(=O)(=O)Cl)c(F)cc2F)C1. The molecule has 0 aromatic heterocycles. The van der Waals surface area contributed by atoms with Crippen LogP contribution in [0.1, 0.15) is 36.5 Å². The molecule has 116 valence electrons. The average Bonchev–Trinajstić information content (AvgIpc) is 2.72. The predicted octanol–water partition coefficient (Wildman–Crippen LogP) is 2.81. The molecule has 0 heterocycles. The number of nitrogens with one attached hydrogen (secondary N) is 1. The van der Waals surface area contributed by atoms with Crippen LogP contribution in [0.3, 0.4) is 0 Å². The lowest BCUT2D eigenvalue weighted by atomic mass is 10.1. The smallest absolute Gasteiger partial charge is 0.264 e. The monoisotopic (exact) mass is 337 g/mol. The number of rotatable bonds is 3. The Hall–Kier alpha value is -1.21. The minimum absolute atomic E-state index is 0.0898. The molecule has 1 aromatic carbocycles. The van der Waals surface area contributed by atoms with Crippen molar-refractivity contribution in [3.05, 3.63) is 29.3 Å². The molecule has 2 rings (SSSR count). The minimum Gasteiger partial charge on any atom is -0.349 e. The molecule has 1 aromatic rings. The average molecular weight is 338 g/mol. The molecule has 2 atom stereocenters. The van der Waals surface area contributed by atoms with Crippen molar-refractivity contribution in [1.29, 1.82) is 0 Å². The third-order valence-corrected chi connectivity index (χ3v) is 4.90. The molecule has 1 aliphatic carbocycles. The van der Waals surface area contributed by atoms with Gasteiger partial charge in [-0.25, -0.2) is 17.2 Å². The number of amides is 1. The highest BCUT2D eigenvalue weighted by Gasteiger charge is 2.26. The van der Waals surface area contributed by atoms with Crippen LogP contribution in [0.4, 0.5) is 8.78 Å². The second-order valence-electron chi connectivity index (χ2n) is 5.29. The van der Waals surface area contributed by atoms with Gasteiger partial charge in [-0.2, -0.15) is 0 Å². The van der Waals surface area contributed by atoms with Crippen molar-refractivity contribution < 1.29 is 22.0 Å². The first-order valence-corrected chi connectivity index (χ1v) is 8.74. The van der Waals surface area contributed by atoms with Crippen LogP contribution in [-0.4, -0.2) is 20.4 Å². The summed E-state index contributed by atoms with van der Waals surface area (Å²) >= 11 is 0. The highest BCUT2D eigenvalue weighted by molar-refractivity contribution is 8.13. The summed E-state index contributed by atoms with van der Waals surface area (Å²) in [6, 6.07) is 0.885. The standard InChI is InChI=1S/C13H14ClF2NO3S/c1-7-2-3-8(4-7)17-13(18)9-5-12(21(14,19)20)11(16)6-10(9)15/h5-8H,2-4H2,1H3,(H,17,18). The molecule has 21 heavy (non-hydrogen) atoms. The van der Waals surface area contributed by atoms with E-state index in [0.717, 1.165) is 19.3 Å². The van der Waals surface area contributed by atoms with Gasteiger partial charge in [0.2, 0.25) is 0 Å². The quantitative estimate of drug-likeness (QED) is 0.863. The van der Waals surface area contributed by atoms with Gasteiger partial charge >= 0.3 is 0 Å². The first kappa shape index (κ1) is 16.2. The molecule has 2 unspecified atom stereocenters. The van der Waals surface area contributed by atoms with E-state index in [1.54, 1.807) is 0 Å². The number of benzene rings is 1. The third-order valence-electron chi connectivity index (χ3n) is 3.56. The van der Waals surface area contributed by atoms with Gasteiger partial charge in [-0.3, -0.25) is 4.79 Å². The number of hydrogen-bond acceptors (Lipinski definition) is 3. The largest absolute Gasteiger partial charge is 0.349 e. The van der Waals surface area contributed by atoms with Crippen molar-refractivity contribution in [1.82, 2.24) is 5.32 Å². The van der Waals surface area contributed by atoms with Crippen LogP contribution in [0, 0.1) is 17.6 Å². The van der Waals surface area contributed by atoms with E-state index in [2.05, 4.69) is 5.32 Å². The molecule has 1 fully saturated rings. The van der Waals surface area contributed by atoms with E-state index in [1.165, 1.54) is 0 Å². The third kappa shape index (κ3) is 3.71. The molecule has 1 amide bonds. The molecule has 4 nitrogen and oxygen atoms in total. The molecule has 1 aliphatic rings. The maximum absolute atomic E-state index is 13.7. The van der Waals surface area contributed by atoms with Crippen LogP contribution in [-0.2, 0) is 9.05 Å². The zero-order chi connectivity index (χ0) is 15.8. The van der Waals surface area contributed by atoms with E-state index < -0.39 is 37.1 Å². The molecule has 1 saturated carbocycles. The fourth-order valence-corrected chi connectivity index (χ4v) is 3.40. The Labute approximate surface area is 125 Å². The van der Waals surface area contributed by atoms with Crippen molar-refractivity contribution >= 4 is 25.6 Å². The first-order chi connectivity index (χ1) is 9.68. The first-order valence-electron chi connectivity index (χ1n) is 6.43. The van der Waals surface area contributed by atoms with Gasteiger partial charge in [-0.1, -0.05) is 6.92 Å². The number of hydrogen-bond donors (Lipinski definition) is 1. The lowest BCUT2D eigenvalue weighted by Crippen LogP contribution is -2.33. The van der Waals surface area contributed by atoms with E-state index in [4.69, 9.17) is 10.7 Å². The number of carbonyl (C=O) groups excluding carboxylic acids is 1. The van der Waals surface area contributed by atoms with Crippen molar-refractivity contribution in [2.45, 2.75) is 37.1 Å². The van der Waals surface area contributed by atoms with Gasteiger partial charge in [0.15, 0.2) is 0 Å². The fourth-order valence-electron chi connectivity index (χ4n) is 2.49. The van der Waals surface area contributed by atoms with Gasteiger partial charge in [-0.05, 0) is 31.2 Å². The van der Waals surface area contributed by atoms with Crippen LogP contribution in [0.15, 0.2) is 17.0 Å². The Morgan fingerprint density at radius 3 is 2.48 bits per heavy atom. The molecule has 1 N–H and O–H groups in total. The van der Waals surface area contributed by atoms with Gasteiger partial charge in [-0.15, -0.1) is 0 Å². The molecule has 0 bridgehead atoms. The van der Waals surface area contributed by atoms with E-state index in [9.17, 15) is 22.0 Å². The summed E-state index contributed by atoms with van der Waals surface area (Å²) in [5.74, 6) is -2.76. The Morgan fingerprint density at radius 1 is 1.29 bits per heavy atom. The maximum atomic E-state index is 13.7. The predicted molar refractivity (Wildman–Crippen MR) is 73.7 cm³/mol. The van der Waals surface area contributed by atoms with E-state index in [-0.39, 0.29) is 6.04 Å². The van der Waals surface area contributed by atoms with Crippen LogP contribution in [0.25, 0.3) is 0 Å². The van der Waals surface area contributed by atoms with Gasteiger partial charge in [0.25, 0.3) is 15.0 Å². The zero-order valence-corrected chi connectivity index (χ0v) is 12.8. The molecule has 0 spiro atoms. The molecular weight excluding hydrogens is 324 g/mol. The zero-order valence-electron chi connectivity index (χ0n) is 11.2. The fraction of sp³-hybridized carbons (Fsp3) is 0.462. The Balaban J connectivity index is 2.29. The Bertz CT molecular complexity index is 678. The Morgan fingerprint density at radius 2 is 1.95 bits per heavy atom. The Kier molecular flexibility index (Phi) is 4.53. The van der Waals surface area contributed by atoms with Gasteiger partial charge in [0.1, 0.15) is 16.5 Å². The summed E-state index contributed by atoms with van der Waals surface area (Å²) in [5, 5.41) is 2.63. The minimum atomic E-state index is -4.39. The van der Waals surface area contributed by atoms with Crippen molar-refractivity contribution in [2.75, 3.05) is 0 Å². The van der Waals surface area contributed by atoms with Gasteiger partial charge in [0.05, 0.1) is 5.56 Å². The van der Waals surface area contributed by atoms with Gasteiger partial charge in [0, 0.05) is 22.8 Å². The summed E-state index contributed by atoms with van der Waals surface area (Å²) in [4.78, 5) is 11.1. The van der Waals surface area contributed by atoms with E-state index >= 15 is 0 Å². The topological polar surface area (TPSA) is 63.2 Å². The van der Waals surface area contributed by atoms with Crippen molar-refractivity contribution in [3.8, 4) is 0 Å². The highest BCUT2D eigenvalue weighted by atomic mass is 35.7. The second kappa shape index (κ2) is 5.88. The summed E-state index contributed by atoms with van der Waals surface area (Å²) in [7, 11) is 0.669. The lowest BCUT2D eigenvalue weighted by Gasteiger charge is -2.13. The van der Waals surface area contributed by atoms with Crippen LogP contribution in [0.5, 0.6) is 0 Å². The second-order valence-corrected chi connectivity index (χ2v) is 7.82. The number of carbonyl (C=O) groups is 1. The van der Waals surface area contributed by atoms with E-state index in [0.29, 0.717) is 18.1 Å². The molecule has 0 aliphatic heterocycles. The van der Waals surface area contributed by atoms with Crippen LogP contribution in [0.2, 0.25) is 0 Å². The maximum Gasteiger partial charge on any atom is 0.264 e. The molecule has 0 radical (unpaired) electrons. The molecule has 0 saturated heterocycles. The summed E-state index contributed by atoms with van der Waals surface area (Å²) in [6.07, 6.45) is 2.50. The normalized spacial score (nSPS) is 22.3. The lowest BCUT2D eigenvalue weighted by molar-refractivity contribution is 0.0933. The highest BCUT2D eigenvalue weighted by Crippen LogP contribution is 2.26. The van der Waals surface area contributed by atoms with Crippen LogP contribution >= 0.6 is 10.7 Å².